The summed E-state index contributed by atoms with van der Waals surface area (Å²) in [6.45, 7) is 1.46. The van der Waals surface area contributed by atoms with E-state index in [2.05, 4.69) is 9.97 Å². The van der Waals surface area contributed by atoms with Crippen LogP contribution in [0.15, 0.2) is 54.3 Å². The molecule has 2 aromatic heterocycles. The van der Waals surface area contributed by atoms with Gasteiger partial charge in [-0.1, -0.05) is 12.1 Å². The first-order valence-electron chi connectivity index (χ1n) is 10.5. The Kier molecular flexibility index (Phi) is 6.74. The van der Waals surface area contributed by atoms with Gasteiger partial charge in [0.1, 0.15) is 29.6 Å². The first-order valence-corrected chi connectivity index (χ1v) is 11.4. The second-order valence-corrected chi connectivity index (χ2v) is 8.73. The van der Waals surface area contributed by atoms with E-state index in [1.54, 1.807) is 22.4 Å². The summed E-state index contributed by atoms with van der Waals surface area (Å²) in [4.78, 5) is 38.7. The number of likely N-dealkylation sites (N-methyl/N-ethyl adjacent to an activating group) is 1. The van der Waals surface area contributed by atoms with Crippen LogP contribution < -0.4 is 14.5 Å². The highest BCUT2D eigenvalue weighted by atomic mass is 32.1. The molecule has 172 valence electrons. The summed E-state index contributed by atoms with van der Waals surface area (Å²) in [7, 11) is 3.44. The van der Waals surface area contributed by atoms with Crippen molar-refractivity contribution >= 4 is 34.8 Å². The van der Waals surface area contributed by atoms with Crippen molar-refractivity contribution in [2.24, 2.45) is 0 Å². The molecule has 0 saturated carbocycles. The van der Waals surface area contributed by atoms with Crippen LogP contribution in [0.25, 0.3) is 0 Å². The number of rotatable bonds is 7. The minimum absolute atomic E-state index is 0.162. The minimum atomic E-state index is -0.976. The van der Waals surface area contributed by atoms with E-state index in [9.17, 15) is 9.59 Å². The average Bonchev–Trinajstić information content (AvgIpc) is 3.32. The van der Waals surface area contributed by atoms with E-state index in [-0.39, 0.29) is 12.0 Å². The molecule has 3 aromatic rings. The molecule has 1 N–H and O–H groups in total. The molecule has 0 saturated heterocycles. The molecule has 1 unspecified atom stereocenters. The van der Waals surface area contributed by atoms with Gasteiger partial charge in [0.05, 0.1) is 0 Å². The Hall–Kier alpha value is -3.66. The van der Waals surface area contributed by atoms with Crippen LogP contribution in [0.2, 0.25) is 0 Å². The Bertz CT molecular complexity index is 1120. The van der Waals surface area contributed by atoms with Crippen molar-refractivity contribution in [1.82, 2.24) is 14.9 Å². The predicted octanol–water partition coefficient (Wildman–Crippen LogP) is 3.75. The van der Waals surface area contributed by atoms with E-state index >= 15 is 0 Å². The number of fused-ring (bicyclic) bond motifs is 1. The minimum Gasteiger partial charge on any atom is -0.485 e. The number of benzene rings is 1. The number of thiophene rings is 1. The average molecular weight is 468 g/mol. The Balaban J connectivity index is 1.56. The molecule has 9 nitrogen and oxygen atoms in total. The summed E-state index contributed by atoms with van der Waals surface area (Å²) in [6, 6.07) is 11.3. The fraction of sp³-hybridized carbons (Fsp3) is 0.304. The van der Waals surface area contributed by atoms with Gasteiger partial charge < -0.3 is 24.5 Å². The topological polar surface area (TPSA) is 99.1 Å². The van der Waals surface area contributed by atoms with Crippen molar-refractivity contribution < 1.29 is 19.4 Å². The van der Waals surface area contributed by atoms with Crippen molar-refractivity contribution in [3.63, 3.8) is 0 Å². The van der Waals surface area contributed by atoms with Crippen LogP contribution in [0.5, 0.6) is 5.75 Å². The molecule has 0 spiro atoms. The normalized spacial score (nSPS) is 14.4. The molecule has 10 heteroatoms. The van der Waals surface area contributed by atoms with Gasteiger partial charge in [-0.05, 0) is 23.6 Å². The fourth-order valence-electron chi connectivity index (χ4n) is 3.66. The molecule has 0 aliphatic carbocycles. The van der Waals surface area contributed by atoms with Crippen LogP contribution in [0.4, 0.5) is 16.3 Å². The number of carboxylic acid groups (broad SMARTS) is 1. The van der Waals surface area contributed by atoms with Crippen LogP contribution >= 0.6 is 11.3 Å². The van der Waals surface area contributed by atoms with Gasteiger partial charge in [-0.3, -0.25) is 4.79 Å². The second-order valence-electron chi connectivity index (χ2n) is 7.75. The molecule has 0 bridgehead atoms. The van der Waals surface area contributed by atoms with Gasteiger partial charge in [0.2, 0.25) is 0 Å². The number of ether oxygens (including phenoxy) is 1. The molecule has 0 fully saturated rings. The van der Waals surface area contributed by atoms with Gasteiger partial charge in [0.25, 0.3) is 5.91 Å². The van der Waals surface area contributed by atoms with Crippen molar-refractivity contribution in [3.8, 4) is 5.75 Å². The molecule has 1 aliphatic rings. The summed E-state index contributed by atoms with van der Waals surface area (Å²) < 4.78 is 6.30. The Morgan fingerprint density at radius 3 is 2.91 bits per heavy atom. The largest absolute Gasteiger partial charge is 0.485 e. The van der Waals surface area contributed by atoms with Gasteiger partial charge in [-0.2, -0.15) is 0 Å². The zero-order chi connectivity index (χ0) is 23.4. The molecule has 4 rings (SSSR count). The summed E-state index contributed by atoms with van der Waals surface area (Å²) in [6.07, 6.45) is 2.22. The number of carbonyl (C=O) groups is 2. The lowest BCUT2D eigenvalue weighted by Gasteiger charge is -2.24. The van der Waals surface area contributed by atoms with Gasteiger partial charge in [-0.15, -0.1) is 11.3 Å². The van der Waals surface area contributed by atoms with Gasteiger partial charge in [0, 0.05) is 63.0 Å². The maximum Gasteiger partial charge on any atom is 0.407 e. The summed E-state index contributed by atoms with van der Waals surface area (Å²) in [5, 5.41) is 11.1. The lowest BCUT2D eigenvalue weighted by Crippen LogP contribution is -2.33. The van der Waals surface area contributed by atoms with E-state index in [0.29, 0.717) is 43.2 Å². The van der Waals surface area contributed by atoms with E-state index in [1.165, 1.54) is 18.3 Å². The van der Waals surface area contributed by atoms with Crippen LogP contribution in [-0.2, 0) is 0 Å². The Labute approximate surface area is 195 Å². The first kappa shape index (κ1) is 22.5. The molecule has 3 heterocycles. The number of hydrogen-bond acceptors (Lipinski definition) is 7. The summed E-state index contributed by atoms with van der Waals surface area (Å²) in [5.74, 6) is 1.06. The number of anilines is 2. The van der Waals surface area contributed by atoms with Crippen LogP contribution in [0.1, 0.15) is 27.8 Å². The highest BCUT2D eigenvalue weighted by molar-refractivity contribution is 7.10. The fourth-order valence-corrected chi connectivity index (χ4v) is 4.45. The standard InChI is InChI=1S/C23H25N5O4S/c1-26-10-11-28(22(29)18-14-24-15-25-21(18)26)16-5-3-6-17(13-16)32-19(20-7-4-12-33-20)8-9-27(2)23(30)31/h3-7,12-15,19H,8-11H2,1-2H3,(H,30,31). The quantitative estimate of drug-likeness (QED) is 0.565. The van der Waals surface area contributed by atoms with Crippen molar-refractivity contribution in [2.45, 2.75) is 12.5 Å². The molecule has 0 radical (unpaired) electrons. The van der Waals surface area contributed by atoms with Crippen molar-refractivity contribution in [2.75, 3.05) is 43.5 Å². The SMILES string of the molecule is CN(CCC(Oc1cccc(N2CCN(C)c3ncncc3C2=O)c1)c1cccs1)C(=O)O. The third-order valence-corrected chi connectivity index (χ3v) is 6.47. The van der Waals surface area contributed by atoms with E-state index < -0.39 is 6.09 Å². The van der Waals surface area contributed by atoms with Gasteiger partial charge in [-0.25, -0.2) is 14.8 Å². The maximum atomic E-state index is 13.3. The molecule has 1 atom stereocenters. The number of nitrogens with zero attached hydrogens (tertiary/aromatic N) is 5. The molecule has 1 aromatic carbocycles. The van der Waals surface area contributed by atoms with Crippen LogP contribution in [0, 0.1) is 0 Å². The van der Waals surface area contributed by atoms with Crippen LogP contribution in [0.3, 0.4) is 0 Å². The third kappa shape index (κ3) is 5.06. The summed E-state index contributed by atoms with van der Waals surface area (Å²) >= 11 is 1.56. The lowest BCUT2D eigenvalue weighted by atomic mass is 10.2. The number of hydrogen-bond donors (Lipinski definition) is 1. The monoisotopic (exact) mass is 467 g/mol. The van der Waals surface area contributed by atoms with E-state index in [0.717, 1.165) is 10.6 Å². The Morgan fingerprint density at radius 1 is 1.30 bits per heavy atom. The Morgan fingerprint density at radius 2 is 2.15 bits per heavy atom. The smallest absolute Gasteiger partial charge is 0.407 e. The van der Waals surface area contributed by atoms with Gasteiger partial charge in [0.15, 0.2) is 0 Å². The highest BCUT2D eigenvalue weighted by Gasteiger charge is 2.27. The van der Waals surface area contributed by atoms with Gasteiger partial charge >= 0.3 is 6.09 Å². The molecular weight excluding hydrogens is 442 g/mol. The molecule has 1 aliphatic heterocycles. The van der Waals surface area contributed by atoms with Crippen molar-refractivity contribution in [3.05, 3.63) is 64.7 Å². The van der Waals surface area contributed by atoms with E-state index in [4.69, 9.17) is 9.84 Å². The lowest BCUT2D eigenvalue weighted by molar-refractivity contribution is 0.0989. The predicted molar refractivity (Wildman–Crippen MR) is 126 cm³/mol. The third-order valence-electron chi connectivity index (χ3n) is 5.51. The number of amides is 2. The molecule has 33 heavy (non-hydrogen) atoms. The van der Waals surface area contributed by atoms with Crippen LogP contribution in [-0.4, -0.2) is 65.7 Å². The first-order chi connectivity index (χ1) is 15.9. The molecular formula is C23H25N5O4S. The second kappa shape index (κ2) is 9.86. The number of aromatic nitrogens is 2. The van der Waals surface area contributed by atoms with Crippen molar-refractivity contribution in [1.29, 1.82) is 0 Å². The highest BCUT2D eigenvalue weighted by Crippen LogP contribution is 2.32. The molecule has 2 amide bonds. The maximum absolute atomic E-state index is 13.3. The zero-order valence-corrected chi connectivity index (χ0v) is 19.2. The zero-order valence-electron chi connectivity index (χ0n) is 18.4. The summed E-state index contributed by atoms with van der Waals surface area (Å²) in [5.41, 5.74) is 1.17. The number of carbonyl (C=O) groups excluding carboxylic acids is 1. The van der Waals surface area contributed by atoms with E-state index in [1.807, 2.05) is 53.7 Å².